The summed E-state index contributed by atoms with van der Waals surface area (Å²) in [5.74, 6) is -0.165. The lowest BCUT2D eigenvalue weighted by molar-refractivity contribution is -0.139. The van der Waals surface area contributed by atoms with E-state index in [-0.39, 0.29) is 23.1 Å². The van der Waals surface area contributed by atoms with Crippen LogP contribution in [0.5, 0.6) is 0 Å². The fourth-order valence-electron chi connectivity index (χ4n) is 3.87. The van der Waals surface area contributed by atoms with Crippen molar-refractivity contribution in [1.29, 1.82) is 0 Å². The van der Waals surface area contributed by atoms with E-state index in [0.29, 0.717) is 10.5 Å². The van der Waals surface area contributed by atoms with Crippen LogP contribution in [0.15, 0.2) is 23.1 Å². The molecule has 1 aliphatic carbocycles. The maximum Gasteiger partial charge on any atom is 0.268 e. The molecule has 0 unspecified atom stereocenters. The van der Waals surface area contributed by atoms with Crippen LogP contribution in [0.1, 0.15) is 69.1 Å². The first-order chi connectivity index (χ1) is 12.4. The van der Waals surface area contributed by atoms with Crippen molar-refractivity contribution in [3.8, 4) is 0 Å². The van der Waals surface area contributed by atoms with E-state index in [9.17, 15) is 9.59 Å². The van der Waals surface area contributed by atoms with Crippen LogP contribution in [-0.2, 0) is 9.59 Å². The molecular formula is C22H29NO2S. The van der Waals surface area contributed by atoms with E-state index in [1.807, 2.05) is 18.2 Å². The Labute approximate surface area is 161 Å². The molecule has 1 aliphatic heterocycles. The number of nitrogens with zero attached hydrogens (tertiary/aromatic N) is 1. The maximum atomic E-state index is 13.3. The number of benzene rings is 1. The van der Waals surface area contributed by atoms with Crippen LogP contribution < -0.4 is 0 Å². The molecule has 4 heteroatoms. The van der Waals surface area contributed by atoms with Crippen LogP contribution in [0, 0.1) is 13.8 Å². The van der Waals surface area contributed by atoms with Gasteiger partial charge in [-0.1, -0.05) is 57.7 Å². The van der Waals surface area contributed by atoms with Crippen molar-refractivity contribution in [2.75, 3.05) is 0 Å². The fraction of sp³-hybridized carbons (Fsp3) is 0.545. The largest absolute Gasteiger partial charge is 0.271 e. The number of aryl methyl sites for hydroxylation is 2. The molecule has 3 nitrogen and oxygen atoms in total. The molecule has 1 saturated carbocycles. The number of carbonyl (C=O) groups is 2. The second-order valence-corrected chi connectivity index (χ2v) is 9.38. The number of hydrogen-bond acceptors (Lipinski definition) is 3. The van der Waals surface area contributed by atoms with Crippen molar-refractivity contribution < 1.29 is 9.59 Å². The quantitative estimate of drug-likeness (QED) is 0.536. The molecule has 3 rings (SSSR count). The summed E-state index contributed by atoms with van der Waals surface area (Å²) in [6.45, 7) is 8.26. The number of hydrogen-bond donors (Lipinski definition) is 0. The van der Waals surface area contributed by atoms with Gasteiger partial charge in [0.25, 0.3) is 11.8 Å². The van der Waals surface area contributed by atoms with E-state index in [4.69, 9.17) is 0 Å². The van der Waals surface area contributed by atoms with Gasteiger partial charge in [-0.2, -0.15) is 0 Å². The summed E-state index contributed by atoms with van der Waals surface area (Å²) in [6, 6.07) is 6.14. The Morgan fingerprint density at radius 2 is 1.62 bits per heavy atom. The zero-order valence-corrected chi connectivity index (χ0v) is 17.1. The van der Waals surface area contributed by atoms with Crippen molar-refractivity contribution in [1.82, 2.24) is 4.90 Å². The summed E-state index contributed by atoms with van der Waals surface area (Å²) < 4.78 is 0. The molecule has 140 valence electrons. The van der Waals surface area contributed by atoms with Crippen LogP contribution in [-0.4, -0.2) is 28.0 Å². The van der Waals surface area contributed by atoms with Crippen LogP contribution in [0.25, 0.3) is 5.57 Å². The van der Waals surface area contributed by atoms with Crippen molar-refractivity contribution >= 4 is 29.1 Å². The monoisotopic (exact) mass is 371 g/mol. The van der Waals surface area contributed by atoms with E-state index >= 15 is 0 Å². The SMILES string of the molecule is Cc1ccc(C2=C(SC(C)C)C(=O)N(C3CCCCCC3)C2=O)cc1C. The summed E-state index contributed by atoms with van der Waals surface area (Å²) >= 11 is 1.53. The molecule has 0 aromatic heterocycles. The molecule has 1 heterocycles. The summed E-state index contributed by atoms with van der Waals surface area (Å²) in [5.41, 5.74) is 3.84. The van der Waals surface area contributed by atoms with Gasteiger partial charge in [-0.15, -0.1) is 11.8 Å². The third kappa shape index (κ3) is 3.75. The third-order valence-corrected chi connectivity index (χ3v) is 6.50. The van der Waals surface area contributed by atoms with E-state index in [0.717, 1.165) is 36.8 Å². The lowest BCUT2D eigenvalue weighted by Crippen LogP contribution is -2.40. The second-order valence-electron chi connectivity index (χ2n) is 7.80. The molecule has 0 bridgehead atoms. The van der Waals surface area contributed by atoms with Crippen molar-refractivity contribution in [2.24, 2.45) is 0 Å². The van der Waals surface area contributed by atoms with Gasteiger partial charge >= 0.3 is 0 Å². The van der Waals surface area contributed by atoms with Crippen LogP contribution in [0.2, 0.25) is 0 Å². The Bertz CT molecular complexity index is 743. The maximum absolute atomic E-state index is 13.3. The highest BCUT2D eigenvalue weighted by atomic mass is 32.2. The van der Waals surface area contributed by atoms with Gasteiger partial charge < -0.3 is 0 Å². The van der Waals surface area contributed by atoms with Crippen LogP contribution in [0.4, 0.5) is 0 Å². The Morgan fingerprint density at radius 1 is 0.962 bits per heavy atom. The smallest absolute Gasteiger partial charge is 0.268 e. The first-order valence-corrected chi connectivity index (χ1v) is 10.6. The topological polar surface area (TPSA) is 37.4 Å². The zero-order valence-electron chi connectivity index (χ0n) is 16.3. The van der Waals surface area contributed by atoms with Crippen molar-refractivity contribution in [3.05, 3.63) is 39.8 Å². The molecule has 26 heavy (non-hydrogen) atoms. The molecule has 0 atom stereocenters. The molecule has 2 amide bonds. The fourth-order valence-corrected chi connectivity index (χ4v) is 4.86. The average Bonchev–Trinajstić information content (AvgIpc) is 2.77. The van der Waals surface area contributed by atoms with Crippen molar-refractivity contribution in [3.63, 3.8) is 0 Å². The highest BCUT2D eigenvalue weighted by molar-refractivity contribution is 8.04. The zero-order chi connectivity index (χ0) is 18.8. The van der Waals surface area contributed by atoms with E-state index in [1.54, 1.807) is 4.90 Å². The normalized spacial score (nSPS) is 19.7. The lowest BCUT2D eigenvalue weighted by atomic mass is 10.00. The highest BCUT2D eigenvalue weighted by Gasteiger charge is 2.43. The number of amides is 2. The minimum atomic E-state index is -0.0895. The minimum Gasteiger partial charge on any atom is -0.271 e. The van der Waals surface area contributed by atoms with Crippen molar-refractivity contribution in [2.45, 2.75) is 77.5 Å². The molecule has 0 N–H and O–H groups in total. The summed E-state index contributed by atoms with van der Waals surface area (Å²) in [5, 5.41) is 0.261. The van der Waals surface area contributed by atoms with E-state index in [2.05, 4.69) is 27.7 Å². The number of carbonyl (C=O) groups excluding carboxylic acids is 2. The Morgan fingerprint density at radius 3 is 2.19 bits per heavy atom. The molecule has 0 spiro atoms. The summed E-state index contributed by atoms with van der Waals surface area (Å²) in [4.78, 5) is 28.8. The molecule has 2 aliphatic rings. The highest BCUT2D eigenvalue weighted by Crippen LogP contribution is 2.40. The van der Waals surface area contributed by atoms with E-state index < -0.39 is 0 Å². The predicted octanol–water partition coefficient (Wildman–Crippen LogP) is 5.25. The Hall–Kier alpha value is -1.55. The van der Waals surface area contributed by atoms with Gasteiger partial charge in [-0.05, 0) is 43.4 Å². The first-order valence-electron chi connectivity index (χ1n) is 9.76. The molecule has 1 fully saturated rings. The summed E-state index contributed by atoms with van der Waals surface area (Å²) in [6.07, 6.45) is 6.50. The second kappa shape index (κ2) is 7.99. The molecule has 1 aromatic rings. The lowest BCUT2D eigenvalue weighted by Gasteiger charge is -2.25. The van der Waals surface area contributed by atoms with Gasteiger partial charge in [0.1, 0.15) is 0 Å². The number of rotatable bonds is 4. The minimum absolute atomic E-state index is 0.0595. The molecule has 0 saturated heterocycles. The van der Waals surface area contributed by atoms with Gasteiger partial charge in [-0.25, -0.2) is 0 Å². The number of thioether (sulfide) groups is 1. The summed E-state index contributed by atoms with van der Waals surface area (Å²) in [7, 11) is 0. The molecule has 0 radical (unpaired) electrons. The Balaban J connectivity index is 2.02. The number of imide groups is 1. The molecular weight excluding hydrogens is 342 g/mol. The van der Waals surface area contributed by atoms with Crippen LogP contribution in [0.3, 0.4) is 0 Å². The Kier molecular flexibility index (Phi) is 5.91. The molecule has 1 aromatic carbocycles. The van der Waals surface area contributed by atoms with Gasteiger partial charge in [0.2, 0.25) is 0 Å². The van der Waals surface area contributed by atoms with Gasteiger partial charge in [-0.3, -0.25) is 14.5 Å². The van der Waals surface area contributed by atoms with E-state index in [1.165, 1.54) is 30.2 Å². The van der Waals surface area contributed by atoms with Gasteiger partial charge in [0, 0.05) is 11.3 Å². The predicted molar refractivity (Wildman–Crippen MR) is 109 cm³/mol. The third-order valence-electron chi connectivity index (χ3n) is 5.41. The first kappa shape index (κ1) is 19.2. The van der Waals surface area contributed by atoms with Gasteiger partial charge in [0.05, 0.1) is 10.5 Å². The average molecular weight is 372 g/mol. The standard InChI is InChI=1S/C22H29NO2S/c1-14(2)26-20-19(17-12-11-15(3)16(4)13-17)21(24)23(22(20)25)18-9-7-5-6-8-10-18/h11-14,18H,5-10H2,1-4H3. The van der Waals surface area contributed by atoms with Gasteiger partial charge in [0.15, 0.2) is 0 Å². The van der Waals surface area contributed by atoms with Crippen LogP contribution >= 0.6 is 11.8 Å².